The molecule has 4 saturated carbocycles. The van der Waals surface area contributed by atoms with Crippen molar-refractivity contribution in [2.24, 2.45) is 34.5 Å². The number of hydrogen-bond donors (Lipinski definition) is 8. The van der Waals surface area contributed by atoms with Gasteiger partial charge in [-0.1, -0.05) is 85.2 Å². The summed E-state index contributed by atoms with van der Waals surface area (Å²) in [4.78, 5) is 8.51. The van der Waals surface area contributed by atoms with Gasteiger partial charge >= 0.3 is 0 Å². The molecule has 2 spiro atoms. The summed E-state index contributed by atoms with van der Waals surface area (Å²) in [6.07, 6.45) is 28.4. The van der Waals surface area contributed by atoms with Gasteiger partial charge in [-0.3, -0.25) is 0 Å². The number of allylic oxidation sites excluding steroid dienone is 1. The molecule has 1 aliphatic heterocycles. The second kappa shape index (κ2) is 14.2. The molecular formula is C54H57N3O6. The fourth-order valence-electron chi connectivity index (χ4n) is 15.7. The first kappa shape index (κ1) is 39.1. The molecule has 2 heterocycles. The van der Waals surface area contributed by atoms with Crippen molar-refractivity contribution in [3.63, 3.8) is 0 Å². The van der Waals surface area contributed by atoms with Gasteiger partial charge in [0.2, 0.25) is 0 Å². The molecule has 6 aliphatic carbocycles. The van der Waals surface area contributed by atoms with E-state index in [4.69, 9.17) is 4.98 Å². The highest BCUT2D eigenvalue weighted by Crippen LogP contribution is 2.77. The van der Waals surface area contributed by atoms with Crippen LogP contribution in [0.3, 0.4) is 0 Å². The lowest BCUT2D eigenvalue weighted by atomic mass is 9.33. The molecule has 0 radical (unpaired) electrons. The van der Waals surface area contributed by atoms with Gasteiger partial charge in [-0.25, -0.2) is 4.98 Å². The monoisotopic (exact) mass is 843 g/mol. The van der Waals surface area contributed by atoms with E-state index in [9.17, 15) is 30.6 Å². The smallest absolute Gasteiger partial charge is 0.169 e. The van der Waals surface area contributed by atoms with E-state index in [1.54, 1.807) is 18.2 Å². The third kappa shape index (κ3) is 5.45. The van der Waals surface area contributed by atoms with E-state index >= 15 is 0 Å². The molecule has 0 bridgehead atoms. The predicted octanol–water partition coefficient (Wildman–Crippen LogP) is 9.80. The number of rotatable bonds is 6. The van der Waals surface area contributed by atoms with Gasteiger partial charge in [-0.05, 0) is 151 Å². The molecule has 9 nitrogen and oxygen atoms in total. The minimum absolute atomic E-state index is 0.0811. The van der Waals surface area contributed by atoms with Crippen molar-refractivity contribution in [1.82, 2.24) is 15.3 Å². The molecule has 1 aromatic heterocycles. The van der Waals surface area contributed by atoms with Crippen molar-refractivity contribution in [1.29, 1.82) is 0 Å². The first-order valence-corrected chi connectivity index (χ1v) is 23.4. The van der Waals surface area contributed by atoms with E-state index in [0.717, 1.165) is 18.4 Å². The van der Waals surface area contributed by atoms with Crippen LogP contribution in [-0.4, -0.2) is 52.8 Å². The number of imidazole rings is 1. The molecule has 63 heavy (non-hydrogen) atoms. The van der Waals surface area contributed by atoms with Gasteiger partial charge in [-0.2, -0.15) is 0 Å². The number of phenols is 5. The van der Waals surface area contributed by atoms with Crippen LogP contribution in [0, 0.1) is 34.5 Å². The standard InChI is InChI=1S/C54H57N3O6/c58-41-18-11-31(25-44(41)61)9-16-38-39-6-1-7-42(59)46(39)49(63)48(62)40(38)17-10-30-8-15-37-32(24-30)12-13-33-26-34-27-36-5-3-21-53(36)23-22-52-20-2-4-35(52)14-19-43(60)50(52)54(53,45-28-55-29-56-45)51(34)57-47(33)37/h1,6-9,11,14-16,18-19,24-26,28-29,34-36,43,47,50-51,57-63H,2-5,10,12-13,17,20-23,27H2,(H,55,56)/b16-9+/t34-,35-,36+,43+,47-,50-,51+,52+,53-,54-/m0/s1. The van der Waals surface area contributed by atoms with Crippen LogP contribution in [-0.2, 0) is 24.7 Å². The first-order valence-electron chi connectivity index (χ1n) is 23.4. The third-order valence-electron chi connectivity index (χ3n) is 18.0. The second-order valence-electron chi connectivity index (χ2n) is 20.3. The quantitative estimate of drug-likeness (QED) is 0.0476. The fourth-order valence-corrected chi connectivity index (χ4v) is 15.7. The molecule has 8 N–H and O–H groups in total. The van der Waals surface area contributed by atoms with Crippen LogP contribution in [0.1, 0.15) is 109 Å². The number of aromatic nitrogens is 2. The van der Waals surface area contributed by atoms with Gasteiger partial charge < -0.3 is 40.9 Å². The maximum absolute atomic E-state index is 12.5. The first-order chi connectivity index (χ1) is 30.6. The van der Waals surface area contributed by atoms with Crippen molar-refractivity contribution >= 4 is 22.9 Å². The molecule has 0 saturated heterocycles. The number of nitrogens with zero attached hydrogens (tertiary/aromatic N) is 1. The third-order valence-corrected chi connectivity index (χ3v) is 18.0. The Morgan fingerprint density at radius 1 is 0.810 bits per heavy atom. The number of aliphatic hydroxyl groups is 1. The van der Waals surface area contributed by atoms with Crippen molar-refractivity contribution in [2.45, 2.75) is 107 Å². The van der Waals surface area contributed by atoms with Crippen molar-refractivity contribution in [2.75, 3.05) is 0 Å². The summed E-state index contributed by atoms with van der Waals surface area (Å²) >= 11 is 0. The van der Waals surface area contributed by atoms with Crippen LogP contribution in [0.15, 0.2) is 90.9 Å². The van der Waals surface area contributed by atoms with E-state index < -0.39 is 6.10 Å². The molecular weight excluding hydrogens is 787 g/mol. The fraction of sp³-hybridized carbons (Fsp3) is 0.426. The van der Waals surface area contributed by atoms with Crippen LogP contribution in [0.4, 0.5) is 0 Å². The Kier molecular flexibility index (Phi) is 8.84. The molecule has 5 aromatic rings. The normalized spacial score (nSPS) is 33.8. The van der Waals surface area contributed by atoms with Crippen LogP contribution < -0.4 is 5.32 Å². The highest BCUT2D eigenvalue weighted by molar-refractivity contribution is 6.03. The highest BCUT2D eigenvalue weighted by atomic mass is 16.3. The minimum Gasteiger partial charge on any atom is -0.507 e. The van der Waals surface area contributed by atoms with Crippen LogP contribution >= 0.6 is 0 Å². The molecule has 0 amide bonds. The summed E-state index contributed by atoms with van der Waals surface area (Å²) in [6.45, 7) is 0. The summed E-state index contributed by atoms with van der Waals surface area (Å²) in [5.41, 5.74) is 8.27. The lowest BCUT2D eigenvalue weighted by Gasteiger charge is -2.72. The second-order valence-corrected chi connectivity index (χ2v) is 20.3. The van der Waals surface area contributed by atoms with Gasteiger partial charge in [-0.15, -0.1) is 0 Å². The number of hydrogen-bond acceptors (Lipinski definition) is 8. The number of aryl methyl sites for hydroxylation is 2. The SMILES string of the molecule is Oc1ccc(/C=C/c2c(CCc3ccc4c(c3)CCC3=C[C@H]5C[C@H]6CCC[C@]67CC[C@]68CCC[C@H]6C=C[C@@H](O)[C@@H]8[C@@]7(c6cnc[nH]6)[C@@H]5N[C@@H]34)c(O)c(O)c3c(O)cccc23)cc1O. The Hall–Kier alpha value is -5.51. The zero-order valence-electron chi connectivity index (χ0n) is 35.6. The summed E-state index contributed by atoms with van der Waals surface area (Å²) < 4.78 is 0. The highest BCUT2D eigenvalue weighted by Gasteiger charge is 2.76. The average Bonchev–Trinajstić information content (AvgIpc) is 4.07. The zero-order chi connectivity index (χ0) is 42.8. The summed E-state index contributed by atoms with van der Waals surface area (Å²) in [5, 5.41) is 71.3. The maximum Gasteiger partial charge on any atom is 0.169 e. The average molecular weight is 844 g/mol. The van der Waals surface area contributed by atoms with E-state index in [-0.39, 0.29) is 68.4 Å². The zero-order valence-corrected chi connectivity index (χ0v) is 35.6. The van der Waals surface area contributed by atoms with Crippen molar-refractivity contribution in [3.05, 3.63) is 130 Å². The van der Waals surface area contributed by atoms with E-state index in [2.05, 4.69) is 52.9 Å². The molecule has 12 rings (SSSR count). The van der Waals surface area contributed by atoms with Crippen molar-refractivity contribution < 1.29 is 30.6 Å². The Labute approximate surface area is 368 Å². The van der Waals surface area contributed by atoms with Gasteiger partial charge in [0.05, 0.1) is 23.9 Å². The number of nitrogens with one attached hydrogen (secondary N) is 2. The number of benzene rings is 4. The molecule has 7 aliphatic rings. The molecule has 324 valence electrons. The Morgan fingerprint density at radius 3 is 2.56 bits per heavy atom. The molecule has 9 heteroatoms. The lowest BCUT2D eigenvalue weighted by molar-refractivity contribution is -0.190. The van der Waals surface area contributed by atoms with Gasteiger partial charge in [0, 0.05) is 34.8 Å². The molecule has 10 atom stereocenters. The van der Waals surface area contributed by atoms with Gasteiger partial charge in [0.25, 0.3) is 0 Å². The lowest BCUT2D eigenvalue weighted by Crippen LogP contribution is -2.76. The number of aliphatic hydroxyl groups excluding tert-OH is 1. The molecule has 0 unspecified atom stereocenters. The topological polar surface area (TPSA) is 162 Å². The van der Waals surface area contributed by atoms with Crippen LogP contribution in [0.5, 0.6) is 28.7 Å². The Bertz CT molecular complexity index is 2760. The molecule has 4 fully saturated rings. The van der Waals surface area contributed by atoms with Gasteiger partial charge in [0.1, 0.15) is 5.75 Å². The maximum atomic E-state index is 12.5. The number of aromatic amines is 1. The number of aromatic hydroxyl groups is 5. The summed E-state index contributed by atoms with van der Waals surface area (Å²) in [5.74, 6) is 0.427. The van der Waals surface area contributed by atoms with E-state index in [0.29, 0.717) is 52.7 Å². The largest absolute Gasteiger partial charge is 0.507 e. The Morgan fingerprint density at radius 2 is 1.70 bits per heavy atom. The number of H-pyrrole nitrogens is 1. The Balaban J connectivity index is 0.904. The van der Waals surface area contributed by atoms with Crippen molar-refractivity contribution in [3.8, 4) is 28.7 Å². The number of fused-ring (bicyclic) bond motifs is 7. The predicted molar refractivity (Wildman–Crippen MR) is 243 cm³/mol. The minimum atomic E-state index is -0.500. The van der Waals surface area contributed by atoms with Gasteiger partial charge in [0.15, 0.2) is 23.0 Å². The van der Waals surface area contributed by atoms with E-state index in [1.165, 1.54) is 98.4 Å². The summed E-state index contributed by atoms with van der Waals surface area (Å²) in [6, 6.07) is 16.7. The summed E-state index contributed by atoms with van der Waals surface area (Å²) in [7, 11) is 0. The number of phenolic OH excluding ortho intramolecular Hbond substituents is 5. The van der Waals surface area contributed by atoms with E-state index in [1.807, 2.05) is 18.5 Å². The van der Waals surface area contributed by atoms with Crippen LogP contribution in [0.2, 0.25) is 0 Å². The van der Waals surface area contributed by atoms with Crippen LogP contribution in [0.25, 0.3) is 22.9 Å². The molecule has 4 aromatic carbocycles.